The predicted molar refractivity (Wildman–Crippen MR) is 135 cm³/mol. The van der Waals surface area contributed by atoms with E-state index in [4.69, 9.17) is 9.47 Å². The summed E-state index contributed by atoms with van der Waals surface area (Å²) in [7, 11) is 1.63. The van der Waals surface area contributed by atoms with E-state index in [1.165, 1.54) is 37.7 Å². The highest BCUT2D eigenvalue weighted by Gasteiger charge is 2.23. The van der Waals surface area contributed by atoms with Gasteiger partial charge in [-0.2, -0.15) is 0 Å². The van der Waals surface area contributed by atoms with Gasteiger partial charge in [0, 0.05) is 29.4 Å². The highest BCUT2D eigenvalue weighted by molar-refractivity contribution is 6.04. The number of amides is 1. The summed E-state index contributed by atoms with van der Waals surface area (Å²) in [6, 6.07) is 14.3. The van der Waals surface area contributed by atoms with Crippen molar-refractivity contribution in [3.8, 4) is 11.5 Å². The molecule has 1 amide bonds. The number of carbonyl (C=O) groups excluding carboxylic acids is 1. The van der Waals surface area contributed by atoms with Crippen LogP contribution in [0.15, 0.2) is 42.5 Å². The molecule has 5 nitrogen and oxygen atoms in total. The molecule has 0 aliphatic heterocycles. The molecule has 5 heteroatoms. The first-order valence-corrected chi connectivity index (χ1v) is 12.3. The molecule has 2 aromatic carbocycles. The minimum absolute atomic E-state index is 0.125. The average molecular weight is 453 g/mol. The summed E-state index contributed by atoms with van der Waals surface area (Å²) in [6.07, 6.45) is 6.32. The lowest BCUT2D eigenvalue weighted by Gasteiger charge is -2.36. The van der Waals surface area contributed by atoms with Gasteiger partial charge in [-0.15, -0.1) is 0 Å². The number of rotatable bonds is 9. The Hall–Kier alpha value is -2.53. The van der Waals surface area contributed by atoms with Crippen molar-refractivity contribution in [2.75, 3.05) is 12.4 Å². The van der Waals surface area contributed by atoms with Crippen LogP contribution in [0.1, 0.15) is 88.6 Å². The lowest BCUT2D eigenvalue weighted by molar-refractivity contribution is -0.00690. The van der Waals surface area contributed by atoms with Crippen LogP contribution in [0.4, 0.5) is 5.69 Å². The van der Waals surface area contributed by atoms with Gasteiger partial charge in [-0.05, 0) is 83.2 Å². The summed E-state index contributed by atoms with van der Waals surface area (Å²) in [4.78, 5) is 15.2. The molecule has 2 aromatic rings. The molecule has 1 fully saturated rings. The fourth-order valence-corrected chi connectivity index (χ4v) is 5.07. The quantitative estimate of drug-likeness (QED) is 0.423. The smallest absolute Gasteiger partial charge is 0.255 e. The minimum atomic E-state index is -0.141. The Balaban J connectivity index is 1.71. The Labute approximate surface area is 199 Å². The van der Waals surface area contributed by atoms with E-state index in [1.807, 2.05) is 37.3 Å². The van der Waals surface area contributed by atoms with Crippen LogP contribution in [-0.4, -0.2) is 36.2 Å². The first kappa shape index (κ1) is 25.1. The van der Waals surface area contributed by atoms with Gasteiger partial charge in [-0.1, -0.05) is 31.4 Å². The van der Waals surface area contributed by atoms with Gasteiger partial charge in [0.15, 0.2) is 11.5 Å². The second-order valence-corrected chi connectivity index (χ2v) is 9.63. The highest BCUT2D eigenvalue weighted by atomic mass is 16.5. The Kier molecular flexibility index (Phi) is 8.79. The monoisotopic (exact) mass is 452 g/mol. The number of methoxy groups -OCH3 is 1. The van der Waals surface area contributed by atoms with Crippen LogP contribution < -0.4 is 14.8 Å². The van der Waals surface area contributed by atoms with E-state index in [2.05, 4.69) is 50.0 Å². The maximum atomic E-state index is 12.9. The summed E-state index contributed by atoms with van der Waals surface area (Å²) < 4.78 is 11.8. The van der Waals surface area contributed by atoms with Crippen molar-refractivity contribution < 1.29 is 14.3 Å². The van der Waals surface area contributed by atoms with Gasteiger partial charge in [-0.3, -0.25) is 9.69 Å². The van der Waals surface area contributed by atoms with E-state index in [0.717, 1.165) is 0 Å². The van der Waals surface area contributed by atoms with Crippen molar-refractivity contribution in [3.63, 3.8) is 0 Å². The largest absolute Gasteiger partial charge is 0.493 e. The standard InChI is InChI=1S/C28H40N2O3/c1-19(2)30(20(3)4)21(5)33-27-18-25(16-17-26(27)32-6)29-28(31)24-14-12-23(13-15-24)22-10-8-7-9-11-22/h12-22H,7-11H2,1-6H3,(H,29,31). The number of hydrogen-bond donors (Lipinski definition) is 1. The summed E-state index contributed by atoms with van der Waals surface area (Å²) in [6.45, 7) is 10.7. The summed E-state index contributed by atoms with van der Waals surface area (Å²) in [5, 5.41) is 3.01. The molecular weight excluding hydrogens is 412 g/mol. The van der Waals surface area contributed by atoms with Crippen molar-refractivity contribution in [1.29, 1.82) is 0 Å². The lowest BCUT2D eigenvalue weighted by Crippen LogP contribution is -2.46. The Bertz CT molecular complexity index is 894. The second kappa shape index (κ2) is 11.6. The fraction of sp³-hybridized carbons (Fsp3) is 0.536. The van der Waals surface area contributed by atoms with Crippen molar-refractivity contribution in [3.05, 3.63) is 53.6 Å². The Morgan fingerprint density at radius 2 is 1.55 bits per heavy atom. The first-order chi connectivity index (χ1) is 15.8. The zero-order valence-corrected chi connectivity index (χ0v) is 21.1. The molecule has 0 heterocycles. The lowest BCUT2D eigenvalue weighted by atomic mass is 9.84. The molecule has 180 valence electrons. The second-order valence-electron chi connectivity index (χ2n) is 9.63. The summed E-state index contributed by atoms with van der Waals surface area (Å²) >= 11 is 0. The van der Waals surface area contributed by atoms with Crippen LogP contribution in [0, 0.1) is 0 Å². The van der Waals surface area contributed by atoms with Gasteiger partial charge in [0.05, 0.1) is 7.11 Å². The van der Waals surface area contributed by atoms with Gasteiger partial charge in [-0.25, -0.2) is 0 Å². The van der Waals surface area contributed by atoms with Gasteiger partial charge in [0.25, 0.3) is 5.91 Å². The predicted octanol–water partition coefficient (Wildman–Crippen LogP) is 6.84. The molecule has 0 saturated heterocycles. The zero-order chi connectivity index (χ0) is 24.0. The topological polar surface area (TPSA) is 50.8 Å². The molecule has 1 N–H and O–H groups in total. The third-order valence-corrected chi connectivity index (χ3v) is 6.58. The van der Waals surface area contributed by atoms with E-state index in [9.17, 15) is 4.79 Å². The highest BCUT2D eigenvalue weighted by Crippen LogP contribution is 2.34. The van der Waals surface area contributed by atoms with Crippen LogP contribution >= 0.6 is 0 Å². The van der Waals surface area contributed by atoms with Gasteiger partial charge < -0.3 is 14.8 Å². The Morgan fingerprint density at radius 3 is 2.12 bits per heavy atom. The normalized spacial score (nSPS) is 15.7. The maximum Gasteiger partial charge on any atom is 0.255 e. The molecule has 1 aliphatic rings. The van der Waals surface area contributed by atoms with Crippen LogP contribution in [0.2, 0.25) is 0 Å². The number of nitrogens with one attached hydrogen (secondary N) is 1. The number of carbonyl (C=O) groups is 1. The number of ether oxygens (including phenoxy) is 2. The SMILES string of the molecule is COc1ccc(NC(=O)c2ccc(C3CCCCC3)cc2)cc1OC(C)N(C(C)C)C(C)C. The van der Waals surface area contributed by atoms with E-state index < -0.39 is 0 Å². The van der Waals surface area contributed by atoms with E-state index >= 15 is 0 Å². The summed E-state index contributed by atoms with van der Waals surface area (Å²) in [5.74, 6) is 1.77. The molecular formula is C28H40N2O3. The van der Waals surface area contributed by atoms with Crippen LogP contribution in [0.3, 0.4) is 0 Å². The molecule has 0 spiro atoms. The average Bonchev–Trinajstić information content (AvgIpc) is 2.79. The summed E-state index contributed by atoms with van der Waals surface area (Å²) in [5.41, 5.74) is 2.69. The number of benzene rings is 2. The number of anilines is 1. The van der Waals surface area contributed by atoms with Crippen LogP contribution in [0.25, 0.3) is 0 Å². The first-order valence-electron chi connectivity index (χ1n) is 12.3. The van der Waals surface area contributed by atoms with Gasteiger partial charge in [0.1, 0.15) is 6.23 Å². The minimum Gasteiger partial charge on any atom is -0.493 e. The van der Waals surface area contributed by atoms with E-state index in [0.29, 0.717) is 40.8 Å². The van der Waals surface area contributed by atoms with Crippen molar-refractivity contribution in [2.45, 2.75) is 91.0 Å². The van der Waals surface area contributed by atoms with Gasteiger partial charge in [0.2, 0.25) is 0 Å². The fourth-order valence-electron chi connectivity index (χ4n) is 5.07. The molecule has 1 saturated carbocycles. The maximum absolute atomic E-state index is 12.9. The van der Waals surface area contributed by atoms with E-state index in [-0.39, 0.29) is 12.1 Å². The Morgan fingerprint density at radius 1 is 0.909 bits per heavy atom. The van der Waals surface area contributed by atoms with Crippen molar-refractivity contribution in [1.82, 2.24) is 4.90 Å². The zero-order valence-electron chi connectivity index (χ0n) is 21.1. The molecule has 1 aliphatic carbocycles. The third-order valence-electron chi connectivity index (χ3n) is 6.58. The molecule has 0 bridgehead atoms. The molecule has 1 atom stereocenters. The number of nitrogens with zero attached hydrogens (tertiary/aromatic N) is 1. The van der Waals surface area contributed by atoms with E-state index in [1.54, 1.807) is 7.11 Å². The third kappa shape index (κ3) is 6.50. The van der Waals surface area contributed by atoms with Crippen LogP contribution in [0.5, 0.6) is 11.5 Å². The molecule has 1 unspecified atom stereocenters. The van der Waals surface area contributed by atoms with Crippen LogP contribution in [-0.2, 0) is 0 Å². The van der Waals surface area contributed by atoms with Crippen molar-refractivity contribution in [2.24, 2.45) is 0 Å². The molecule has 3 rings (SSSR count). The van der Waals surface area contributed by atoms with Gasteiger partial charge >= 0.3 is 0 Å². The molecule has 33 heavy (non-hydrogen) atoms. The molecule has 0 aromatic heterocycles. The van der Waals surface area contributed by atoms with Crippen molar-refractivity contribution >= 4 is 11.6 Å². The number of hydrogen-bond acceptors (Lipinski definition) is 4. The molecule has 0 radical (unpaired) electrons.